The summed E-state index contributed by atoms with van der Waals surface area (Å²) in [5, 5.41) is 3.71. The van der Waals surface area contributed by atoms with Crippen LogP contribution in [0.15, 0.2) is 28.9 Å². The number of nitrogens with one attached hydrogen (secondary N) is 1. The lowest BCUT2D eigenvalue weighted by molar-refractivity contribution is 0.388. The number of halogens is 1. The number of fused-ring (bicyclic) bond motifs is 1. The van der Waals surface area contributed by atoms with E-state index in [1.807, 2.05) is 12.1 Å². The molecular formula is C15H18ClNOS. The van der Waals surface area contributed by atoms with Gasteiger partial charge < -0.3 is 9.73 Å². The Kier molecular flexibility index (Phi) is 3.96. The van der Waals surface area contributed by atoms with Crippen LogP contribution in [-0.2, 0) is 12.8 Å². The van der Waals surface area contributed by atoms with Crippen molar-refractivity contribution in [2.75, 3.05) is 0 Å². The molecule has 19 heavy (non-hydrogen) atoms. The molecule has 0 bridgehead atoms. The van der Waals surface area contributed by atoms with E-state index in [2.05, 4.69) is 18.3 Å². The Morgan fingerprint density at radius 1 is 1.58 bits per heavy atom. The van der Waals surface area contributed by atoms with E-state index in [-0.39, 0.29) is 0 Å². The normalized spacial score (nSPS) is 20.2. The van der Waals surface area contributed by atoms with Gasteiger partial charge in [-0.25, -0.2) is 0 Å². The number of hydrogen-bond donors (Lipinski definition) is 1. The van der Waals surface area contributed by atoms with Gasteiger partial charge in [0.05, 0.1) is 10.6 Å². The first kappa shape index (κ1) is 13.2. The Balaban J connectivity index is 1.67. The third kappa shape index (κ3) is 3.04. The maximum atomic E-state index is 6.14. The summed E-state index contributed by atoms with van der Waals surface area (Å²) in [5.74, 6) is 1.04. The fourth-order valence-corrected chi connectivity index (χ4v) is 4.21. The molecule has 2 heterocycles. The SMILES string of the molecule is CC(Cc1ccco1)NC1CCCc2sc(Cl)cc21. The van der Waals surface area contributed by atoms with Gasteiger partial charge in [-0.3, -0.25) is 0 Å². The quantitative estimate of drug-likeness (QED) is 0.892. The van der Waals surface area contributed by atoms with Gasteiger partial charge in [0.25, 0.3) is 0 Å². The molecule has 1 N–H and O–H groups in total. The van der Waals surface area contributed by atoms with Crippen molar-refractivity contribution < 1.29 is 4.42 Å². The van der Waals surface area contributed by atoms with Crippen molar-refractivity contribution in [2.24, 2.45) is 0 Å². The van der Waals surface area contributed by atoms with Gasteiger partial charge in [-0.1, -0.05) is 11.6 Å². The minimum absolute atomic E-state index is 0.403. The molecule has 0 spiro atoms. The molecular weight excluding hydrogens is 278 g/mol. The van der Waals surface area contributed by atoms with Crippen molar-refractivity contribution in [3.63, 3.8) is 0 Å². The third-order valence-corrected chi connectivity index (χ3v) is 5.00. The van der Waals surface area contributed by atoms with Gasteiger partial charge in [0.2, 0.25) is 0 Å². The molecule has 0 amide bonds. The fraction of sp³-hybridized carbons (Fsp3) is 0.467. The van der Waals surface area contributed by atoms with Gasteiger partial charge in [-0.2, -0.15) is 0 Å². The zero-order valence-electron chi connectivity index (χ0n) is 11.0. The zero-order valence-corrected chi connectivity index (χ0v) is 12.6. The molecule has 3 rings (SSSR count). The molecule has 0 fully saturated rings. The lowest BCUT2D eigenvalue weighted by atomic mass is 9.93. The van der Waals surface area contributed by atoms with E-state index < -0.39 is 0 Å². The Morgan fingerprint density at radius 3 is 3.26 bits per heavy atom. The van der Waals surface area contributed by atoms with E-state index in [9.17, 15) is 0 Å². The molecule has 2 aromatic heterocycles. The van der Waals surface area contributed by atoms with Crippen LogP contribution in [0.2, 0.25) is 4.34 Å². The molecule has 2 aromatic rings. The van der Waals surface area contributed by atoms with Gasteiger partial charge in [-0.05, 0) is 49.9 Å². The van der Waals surface area contributed by atoms with Gasteiger partial charge >= 0.3 is 0 Å². The second-order valence-electron chi connectivity index (χ2n) is 5.23. The predicted octanol–water partition coefficient (Wildman–Crippen LogP) is 4.59. The number of rotatable bonds is 4. The van der Waals surface area contributed by atoms with Gasteiger partial charge in [0.15, 0.2) is 0 Å². The number of thiophene rings is 1. The molecule has 102 valence electrons. The summed E-state index contributed by atoms with van der Waals surface area (Å²) < 4.78 is 6.32. The smallest absolute Gasteiger partial charge is 0.105 e. The largest absolute Gasteiger partial charge is 0.469 e. The molecule has 2 atom stereocenters. The molecule has 0 radical (unpaired) electrons. The molecule has 1 aliphatic rings. The van der Waals surface area contributed by atoms with Crippen LogP contribution in [-0.4, -0.2) is 6.04 Å². The summed E-state index contributed by atoms with van der Waals surface area (Å²) in [6, 6.07) is 6.96. The van der Waals surface area contributed by atoms with Crippen molar-refractivity contribution in [3.8, 4) is 0 Å². The minimum Gasteiger partial charge on any atom is -0.469 e. The van der Waals surface area contributed by atoms with Crippen molar-refractivity contribution in [3.05, 3.63) is 45.0 Å². The highest BCUT2D eigenvalue weighted by atomic mass is 35.5. The van der Waals surface area contributed by atoms with Crippen molar-refractivity contribution in [1.29, 1.82) is 0 Å². The van der Waals surface area contributed by atoms with Crippen LogP contribution in [0.5, 0.6) is 0 Å². The second-order valence-corrected chi connectivity index (χ2v) is 6.99. The summed E-state index contributed by atoms with van der Waals surface area (Å²) in [6.07, 6.45) is 6.28. The van der Waals surface area contributed by atoms with Crippen LogP contribution in [0, 0.1) is 0 Å². The van der Waals surface area contributed by atoms with E-state index in [0.29, 0.717) is 12.1 Å². The van der Waals surface area contributed by atoms with Gasteiger partial charge in [-0.15, -0.1) is 11.3 Å². The average Bonchev–Trinajstić information content (AvgIpc) is 2.97. The minimum atomic E-state index is 0.403. The van der Waals surface area contributed by atoms with Gasteiger partial charge in [0.1, 0.15) is 5.76 Å². The predicted molar refractivity (Wildman–Crippen MR) is 80.0 cm³/mol. The first-order valence-corrected chi connectivity index (χ1v) is 7.98. The summed E-state index contributed by atoms with van der Waals surface area (Å²) in [5.41, 5.74) is 1.41. The molecule has 0 aliphatic heterocycles. The molecule has 2 nitrogen and oxygen atoms in total. The van der Waals surface area contributed by atoms with E-state index >= 15 is 0 Å². The summed E-state index contributed by atoms with van der Waals surface area (Å²) in [7, 11) is 0. The van der Waals surface area contributed by atoms with E-state index in [0.717, 1.165) is 16.5 Å². The maximum absolute atomic E-state index is 6.14. The number of aryl methyl sites for hydroxylation is 1. The van der Waals surface area contributed by atoms with E-state index in [1.165, 1.54) is 29.7 Å². The molecule has 0 saturated carbocycles. The van der Waals surface area contributed by atoms with E-state index in [1.54, 1.807) is 17.6 Å². The topological polar surface area (TPSA) is 25.2 Å². The first-order valence-electron chi connectivity index (χ1n) is 6.79. The fourth-order valence-electron chi connectivity index (χ4n) is 2.83. The van der Waals surface area contributed by atoms with Crippen molar-refractivity contribution in [1.82, 2.24) is 5.32 Å². The summed E-state index contributed by atoms with van der Waals surface area (Å²) in [6.45, 7) is 2.21. The zero-order chi connectivity index (χ0) is 13.2. The molecule has 4 heteroatoms. The van der Waals surface area contributed by atoms with Gasteiger partial charge in [0, 0.05) is 23.4 Å². The summed E-state index contributed by atoms with van der Waals surface area (Å²) >= 11 is 7.88. The van der Waals surface area contributed by atoms with Crippen molar-refractivity contribution >= 4 is 22.9 Å². The third-order valence-electron chi connectivity index (χ3n) is 3.66. The highest BCUT2D eigenvalue weighted by Gasteiger charge is 2.24. The van der Waals surface area contributed by atoms with Crippen LogP contribution in [0.3, 0.4) is 0 Å². The second kappa shape index (κ2) is 5.70. The molecule has 0 aromatic carbocycles. The van der Waals surface area contributed by atoms with Crippen LogP contribution in [0.25, 0.3) is 0 Å². The average molecular weight is 296 g/mol. The number of furan rings is 1. The number of hydrogen-bond acceptors (Lipinski definition) is 3. The van der Waals surface area contributed by atoms with Crippen LogP contribution < -0.4 is 5.32 Å². The lowest BCUT2D eigenvalue weighted by Crippen LogP contribution is -2.33. The summed E-state index contributed by atoms with van der Waals surface area (Å²) in [4.78, 5) is 1.46. The Labute approximate surface area is 122 Å². The molecule has 2 unspecified atom stereocenters. The Hall–Kier alpha value is -0.770. The maximum Gasteiger partial charge on any atom is 0.105 e. The monoisotopic (exact) mass is 295 g/mol. The van der Waals surface area contributed by atoms with E-state index in [4.69, 9.17) is 16.0 Å². The van der Waals surface area contributed by atoms with Crippen LogP contribution in [0.1, 0.15) is 42.0 Å². The lowest BCUT2D eigenvalue weighted by Gasteiger charge is -2.26. The van der Waals surface area contributed by atoms with Crippen LogP contribution in [0.4, 0.5) is 0 Å². The standard InChI is InChI=1S/C15H18ClNOS/c1-10(8-11-4-3-7-18-11)17-13-5-2-6-14-12(13)9-15(16)19-14/h3-4,7,9-10,13,17H,2,5-6,8H2,1H3. The Bertz CT molecular complexity index is 534. The molecule has 0 saturated heterocycles. The molecule has 1 aliphatic carbocycles. The highest BCUT2D eigenvalue weighted by Crippen LogP contribution is 2.38. The Morgan fingerprint density at radius 2 is 2.47 bits per heavy atom. The highest BCUT2D eigenvalue weighted by molar-refractivity contribution is 7.16. The first-order chi connectivity index (χ1) is 9.22. The van der Waals surface area contributed by atoms with Crippen molar-refractivity contribution in [2.45, 2.75) is 44.7 Å². The van der Waals surface area contributed by atoms with Crippen LogP contribution >= 0.6 is 22.9 Å².